The summed E-state index contributed by atoms with van der Waals surface area (Å²) >= 11 is 0. The molecule has 1 saturated heterocycles. The van der Waals surface area contributed by atoms with Crippen molar-refractivity contribution >= 4 is 49.5 Å². The van der Waals surface area contributed by atoms with Crippen LogP contribution >= 0.6 is 12.4 Å². The maximum absolute atomic E-state index is 12.6. The van der Waals surface area contributed by atoms with Crippen LogP contribution in [0.25, 0.3) is 0 Å². The first-order valence-electron chi connectivity index (χ1n) is 8.90. The van der Waals surface area contributed by atoms with Crippen LogP contribution in [0.2, 0.25) is 0 Å². The van der Waals surface area contributed by atoms with E-state index in [-0.39, 0.29) is 28.7 Å². The van der Waals surface area contributed by atoms with E-state index in [1.54, 1.807) is 36.4 Å². The molecule has 0 radical (unpaired) electrons. The highest BCUT2D eigenvalue weighted by atomic mass is 35.5. The molecule has 29 heavy (non-hydrogen) atoms. The van der Waals surface area contributed by atoms with Crippen LogP contribution in [-0.2, 0) is 20.0 Å². The summed E-state index contributed by atoms with van der Waals surface area (Å²) in [4.78, 5) is 2.24. The highest BCUT2D eigenvalue weighted by molar-refractivity contribution is 7.93. The quantitative estimate of drug-likeness (QED) is 0.609. The van der Waals surface area contributed by atoms with Crippen molar-refractivity contribution < 1.29 is 16.8 Å². The Balaban J connectivity index is 0.00000300. The van der Waals surface area contributed by atoms with Crippen LogP contribution in [0.5, 0.6) is 0 Å². The molecule has 11 heteroatoms. The number of sulfonamides is 2. The van der Waals surface area contributed by atoms with Crippen molar-refractivity contribution in [2.75, 3.05) is 46.8 Å². The summed E-state index contributed by atoms with van der Waals surface area (Å²) in [5.41, 5.74) is 1.19. The number of nitrogens with one attached hydrogen (secondary N) is 3. The lowest BCUT2D eigenvalue weighted by molar-refractivity contribution is 0.600. The van der Waals surface area contributed by atoms with Gasteiger partial charge in [-0.25, -0.2) is 16.8 Å². The fourth-order valence-electron chi connectivity index (χ4n) is 3.01. The second kappa shape index (κ2) is 9.66. The van der Waals surface area contributed by atoms with Gasteiger partial charge in [0.05, 0.1) is 22.5 Å². The average molecular weight is 461 g/mol. The molecule has 2 aromatic rings. The molecule has 0 spiro atoms. The zero-order valence-corrected chi connectivity index (χ0v) is 18.4. The van der Waals surface area contributed by atoms with Gasteiger partial charge in [0, 0.05) is 25.3 Å². The molecule has 0 aliphatic carbocycles. The van der Waals surface area contributed by atoms with Crippen LogP contribution < -0.4 is 19.7 Å². The summed E-state index contributed by atoms with van der Waals surface area (Å²) in [6, 6.07) is 13.0. The molecular formula is C18H25ClN4O4S2. The highest BCUT2D eigenvalue weighted by Crippen LogP contribution is 2.30. The lowest BCUT2D eigenvalue weighted by Gasteiger charge is -2.24. The van der Waals surface area contributed by atoms with E-state index in [9.17, 15) is 16.8 Å². The molecule has 0 amide bonds. The molecule has 1 fully saturated rings. The van der Waals surface area contributed by atoms with Gasteiger partial charge in [-0.15, -0.1) is 12.4 Å². The molecule has 2 aromatic carbocycles. The first-order valence-corrected chi connectivity index (χ1v) is 12.3. The van der Waals surface area contributed by atoms with Crippen LogP contribution in [0.3, 0.4) is 0 Å². The molecule has 1 heterocycles. The zero-order chi connectivity index (χ0) is 20.2. The van der Waals surface area contributed by atoms with Crippen LogP contribution in [0.15, 0.2) is 53.4 Å². The summed E-state index contributed by atoms with van der Waals surface area (Å²) in [5.74, 6) is 0. The summed E-state index contributed by atoms with van der Waals surface area (Å²) in [7, 11) is -7.43. The Labute approximate surface area is 178 Å². The van der Waals surface area contributed by atoms with Gasteiger partial charge in [-0.3, -0.25) is 9.44 Å². The molecule has 3 N–H and O–H groups in total. The van der Waals surface area contributed by atoms with Gasteiger partial charge in [-0.2, -0.15) is 0 Å². The van der Waals surface area contributed by atoms with Gasteiger partial charge in [0.2, 0.25) is 10.0 Å². The minimum absolute atomic E-state index is 0. The SMILES string of the molecule is CS(=O)(=O)Nc1cc(N2CCCNCC2)ccc1NS(=O)(=O)c1ccccc1.Cl. The predicted octanol–water partition coefficient (Wildman–Crippen LogP) is 2.08. The Hall–Kier alpha value is -2.01. The lowest BCUT2D eigenvalue weighted by Crippen LogP contribution is -2.28. The van der Waals surface area contributed by atoms with Crippen molar-refractivity contribution in [2.24, 2.45) is 0 Å². The van der Waals surface area contributed by atoms with Crippen LogP contribution in [-0.4, -0.2) is 49.3 Å². The number of benzene rings is 2. The molecule has 8 nitrogen and oxygen atoms in total. The first kappa shape index (κ1) is 23.3. The van der Waals surface area contributed by atoms with Crippen LogP contribution in [0, 0.1) is 0 Å². The minimum Gasteiger partial charge on any atom is -0.370 e. The van der Waals surface area contributed by atoms with E-state index >= 15 is 0 Å². The summed E-state index contributed by atoms with van der Waals surface area (Å²) in [5, 5.41) is 3.32. The molecule has 0 bridgehead atoms. The van der Waals surface area contributed by atoms with Gasteiger partial charge in [-0.05, 0) is 43.3 Å². The Morgan fingerprint density at radius 1 is 0.897 bits per heavy atom. The van der Waals surface area contributed by atoms with Gasteiger partial charge < -0.3 is 10.2 Å². The van der Waals surface area contributed by atoms with Crippen LogP contribution in [0.1, 0.15) is 6.42 Å². The van der Waals surface area contributed by atoms with Crippen molar-refractivity contribution in [1.29, 1.82) is 0 Å². The molecule has 1 aliphatic rings. The highest BCUT2D eigenvalue weighted by Gasteiger charge is 2.19. The molecule has 3 rings (SSSR count). The van der Waals surface area contributed by atoms with E-state index in [0.717, 1.165) is 44.5 Å². The summed E-state index contributed by atoms with van der Waals surface area (Å²) in [6.07, 6.45) is 2.00. The minimum atomic E-state index is -3.84. The van der Waals surface area contributed by atoms with E-state index in [0.29, 0.717) is 0 Å². The maximum atomic E-state index is 12.6. The van der Waals surface area contributed by atoms with Crippen molar-refractivity contribution in [3.8, 4) is 0 Å². The first-order chi connectivity index (χ1) is 13.2. The van der Waals surface area contributed by atoms with Gasteiger partial charge >= 0.3 is 0 Å². The maximum Gasteiger partial charge on any atom is 0.261 e. The second-order valence-electron chi connectivity index (χ2n) is 6.61. The van der Waals surface area contributed by atoms with Crippen molar-refractivity contribution in [3.05, 3.63) is 48.5 Å². The fraction of sp³-hybridized carbons (Fsp3) is 0.333. The number of hydrogen-bond acceptors (Lipinski definition) is 6. The topological polar surface area (TPSA) is 108 Å². The normalized spacial score (nSPS) is 15.1. The van der Waals surface area contributed by atoms with Gasteiger partial charge in [0.15, 0.2) is 0 Å². The van der Waals surface area contributed by atoms with E-state index in [2.05, 4.69) is 19.7 Å². The molecule has 1 aliphatic heterocycles. The number of nitrogens with zero attached hydrogens (tertiary/aromatic N) is 1. The number of rotatable bonds is 6. The van der Waals surface area contributed by atoms with E-state index in [1.807, 2.05) is 0 Å². The number of halogens is 1. The standard InChI is InChI=1S/C18H24N4O4S2.ClH/c1-27(23,24)20-18-14-15(22-12-5-10-19-11-13-22)8-9-17(18)21-28(25,26)16-6-3-2-4-7-16;/h2-4,6-9,14,19-21H,5,10-13H2,1H3;1H. The van der Waals surface area contributed by atoms with E-state index in [1.165, 1.54) is 12.1 Å². The van der Waals surface area contributed by atoms with Crippen molar-refractivity contribution in [2.45, 2.75) is 11.3 Å². The Bertz CT molecular complexity index is 1020. The van der Waals surface area contributed by atoms with E-state index in [4.69, 9.17) is 0 Å². The van der Waals surface area contributed by atoms with Crippen molar-refractivity contribution in [3.63, 3.8) is 0 Å². The third-order valence-corrected chi connectivity index (χ3v) is 6.27. The third-order valence-electron chi connectivity index (χ3n) is 4.30. The van der Waals surface area contributed by atoms with Crippen LogP contribution in [0.4, 0.5) is 17.1 Å². The molecule has 160 valence electrons. The fourth-order valence-corrected chi connectivity index (χ4v) is 4.68. The summed E-state index contributed by atoms with van der Waals surface area (Å²) < 4.78 is 53.8. The Kier molecular flexibility index (Phi) is 7.75. The monoisotopic (exact) mass is 460 g/mol. The molecule has 0 aromatic heterocycles. The Morgan fingerprint density at radius 3 is 2.31 bits per heavy atom. The molecule has 0 unspecified atom stereocenters. The van der Waals surface area contributed by atoms with Crippen molar-refractivity contribution in [1.82, 2.24) is 5.32 Å². The smallest absolute Gasteiger partial charge is 0.261 e. The number of hydrogen-bond donors (Lipinski definition) is 3. The second-order valence-corrected chi connectivity index (χ2v) is 10.0. The lowest BCUT2D eigenvalue weighted by atomic mass is 10.2. The van der Waals surface area contributed by atoms with Gasteiger partial charge in [-0.1, -0.05) is 18.2 Å². The number of anilines is 3. The molecule has 0 saturated carbocycles. The average Bonchev–Trinajstić information content (AvgIpc) is 2.92. The third kappa shape index (κ3) is 6.49. The van der Waals surface area contributed by atoms with Gasteiger partial charge in [0.1, 0.15) is 0 Å². The zero-order valence-electron chi connectivity index (χ0n) is 16.0. The summed E-state index contributed by atoms with van der Waals surface area (Å²) in [6.45, 7) is 3.38. The predicted molar refractivity (Wildman–Crippen MR) is 119 cm³/mol. The Morgan fingerprint density at radius 2 is 1.62 bits per heavy atom. The van der Waals surface area contributed by atoms with Gasteiger partial charge in [0.25, 0.3) is 10.0 Å². The molecule has 0 atom stereocenters. The largest absolute Gasteiger partial charge is 0.370 e. The van der Waals surface area contributed by atoms with E-state index < -0.39 is 20.0 Å². The molecular weight excluding hydrogens is 436 g/mol.